The lowest BCUT2D eigenvalue weighted by Crippen LogP contribution is -2.37. The third-order valence-electron chi connectivity index (χ3n) is 5.15. The highest BCUT2D eigenvalue weighted by Gasteiger charge is 2.22. The smallest absolute Gasteiger partial charge is 0.239 e. The number of hydrogen-bond acceptors (Lipinski definition) is 5. The summed E-state index contributed by atoms with van der Waals surface area (Å²) in [7, 11) is 0. The number of aromatic nitrogens is 2. The molecule has 0 saturated heterocycles. The molecule has 0 atom stereocenters. The molecule has 1 aliphatic carbocycles. The van der Waals surface area contributed by atoms with E-state index < -0.39 is 0 Å². The number of nitrogens with one attached hydrogen (secondary N) is 1. The van der Waals surface area contributed by atoms with Gasteiger partial charge in [-0.2, -0.15) is 0 Å². The Hall–Kier alpha value is -2.54. The summed E-state index contributed by atoms with van der Waals surface area (Å²) in [5.41, 5.74) is 2.24. The van der Waals surface area contributed by atoms with E-state index in [1.54, 1.807) is 29.8 Å². The maximum atomic E-state index is 13.0. The molecule has 0 radical (unpaired) electrons. The molecule has 1 amide bonds. The highest BCUT2D eigenvalue weighted by molar-refractivity contribution is 7.19. The molecule has 1 aromatic carbocycles. The first kappa shape index (κ1) is 18.8. The number of amides is 1. The fourth-order valence-electron chi connectivity index (χ4n) is 3.68. The number of rotatable bonds is 6. The van der Waals surface area contributed by atoms with E-state index in [0.29, 0.717) is 13.1 Å². The summed E-state index contributed by atoms with van der Waals surface area (Å²) < 4.78 is 13.0. The van der Waals surface area contributed by atoms with Crippen molar-refractivity contribution in [1.29, 1.82) is 0 Å². The van der Waals surface area contributed by atoms with Crippen molar-refractivity contribution in [2.24, 2.45) is 0 Å². The number of benzene rings is 1. The van der Waals surface area contributed by atoms with E-state index in [9.17, 15) is 9.18 Å². The molecule has 0 saturated carbocycles. The Morgan fingerprint density at radius 3 is 2.79 bits per heavy atom. The second-order valence-corrected chi connectivity index (χ2v) is 8.09. The SMILES string of the molecule is CCN(CC(=O)NCc1ccc(F)cc1)c1ncnc2sc3c(c12)CCCC3. The standard InChI is InChI=1S/C21H23FN4OS/c1-2-26(12-18(27)23-11-14-7-9-15(22)10-8-14)20-19-16-5-3-4-6-17(16)28-21(19)25-13-24-20/h7-10,13H,2-6,11-12H2,1H3,(H,23,27). The number of anilines is 1. The lowest BCUT2D eigenvalue weighted by atomic mass is 9.97. The molecule has 4 rings (SSSR count). The van der Waals surface area contributed by atoms with Crippen molar-refractivity contribution in [3.8, 4) is 0 Å². The van der Waals surface area contributed by atoms with Crippen molar-refractivity contribution in [2.75, 3.05) is 18.0 Å². The Morgan fingerprint density at radius 1 is 1.21 bits per heavy atom. The van der Waals surface area contributed by atoms with Crippen LogP contribution in [0.5, 0.6) is 0 Å². The number of hydrogen-bond donors (Lipinski definition) is 1. The number of carbonyl (C=O) groups is 1. The summed E-state index contributed by atoms with van der Waals surface area (Å²) in [5, 5.41) is 4.03. The molecule has 1 N–H and O–H groups in total. The Balaban J connectivity index is 1.51. The van der Waals surface area contributed by atoms with E-state index in [4.69, 9.17) is 0 Å². The van der Waals surface area contributed by atoms with Gasteiger partial charge in [0.05, 0.1) is 11.9 Å². The fraction of sp³-hybridized carbons (Fsp3) is 0.381. The molecule has 0 fully saturated rings. The van der Waals surface area contributed by atoms with Gasteiger partial charge in [0.15, 0.2) is 0 Å². The Morgan fingerprint density at radius 2 is 2.00 bits per heavy atom. The van der Waals surface area contributed by atoms with Crippen LogP contribution in [0.4, 0.5) is 10.2 Å². The summed E-state index contributed by atoms with van der Waals surface area (Å²) in [6, 6.07) is 6.16. The van der Waals surface area contributed by atoms with E-state index in [1.165, 1.54) is 35.4 Å². The minimum atomic E-state index is -0.279. The van der Waals surface area contributed by atoms with Gasteiger partial charge in [-0.25, -0.2) is 14.4 Å². The first-order valence-corrected chi connectivity index (χ1v) is 10.5. The molecular formula is C21H23FN4OS. The number of carbonyl (C=O) groups excluding carboxylic acids is 1. The summed E-state index contributed by atoms with van der Waals surface area (Å²) >= 11 is 1.76. The van der Waals surface area contributed by atoms with Gasteiger partial charge in [-0.15, -0.1) is 11.3 Å². The van der Waals surface area contributed by atoms with Crippen molar-refractivity contribution in [1.82, 2.24) is 15.3 Å². The van der Waals surface area contributed by atoms with E-state index in [1.807, 2.05) is 11.8 Å². The second kappa shape index (κ2) is 8.22. The van der Waals surface area contributed by atoms with Gasteiger partial charge in [-0.1, -0.05) is 12.1 Å². The van der Waals surface area contributed by atoms with Crippen LogP contribution in [0.15, 0.2) is 30.6 Å². The number of halogens is 1. The molecule has 0 bridgehead atoms. The zero-order valence-corrected chi connectivity index (χ0v) is 16.7. The highest BCUT2D eigenvalue weighted by atomic mass is 32.1. The monoisotopic (exact) mass is 398 g/mol. The van der Waals surface area contributed by atoms with Gasteiger partial charge in [0, 0.05) is 18.0 Å². The van der Waals surface area contributed by atoms with Gasteiger partial charge >= 0.3 is 0 Å². The lowest BCUT2D eigenvalue weighted by molar-refractivity contribution is -0.119. The summed E-state index contributed by atoms with van der Waals surface area (Å²) in [6.45, 7) is 3.32. The van der Waals surface area contributed by atoms with Crippen LogP contribution in [-0.4, -0.2) is 29.0 Å². The summed E-state index contributed by atoms with van der Waals surface area (Å²) in [4.78, 5) is 26.0. The maximum absolute atomic E-state index is 13.0. The number of aryl methyl sites for hydroxylation is 2. The molecule has 2 aromatic heterocycles. The predicted octanol–water partition coefficient (Wildman–Crippen LogP) is 3.85. The van der Waals surface area contributed by atoms with Crippen LogP contribution in [0, 0.1) is 5.82 Å². The third-order valence-corrected chi connectivity index (χ3v) is 6.35. The van der Waals surface area contributed by atoms with Gasteiger partial charge in [0.25, 0.3) is 0 Å². The zero-order chi connectivity index (χ0) is 19.5. The molecule has 7 heteroatoms. The van der Waals surface area contributed by atoms with Gasteiger partial charge < -0.3 is 10.2 Å². The van der Waals surface area contributed by atoms with Crippen LogP contribution in [-0.2, 0) is 24.2 Å². The van der Waals surface area contributed by atoms with Crippen molar-refractivity contribution in [3.63, 3.8) is 0 Å². The average Bonchev–Trinajstić information content (AvgIpc) is 3.10. The molecule has 3 aromatic rings. The van der Waals surface area contributed by atoms with Crippen LogP contribution in [0.2, 0.25) is 0 Å². The normalized spacial score (nSPS) is 13.4. The molecule has 146 valence electrons. The largest absolute Gasteiger partial charge is 0.350 e. The summed E-state index contributed by atoms with van der Waals surface area (Å²) in [5.74, 6) is 0.491. The van der Waals surface area contributed by atoms with E-state index in [0.717, 1.165) is 34.4 Å². The molecule has 1 aliphatic rings. The number of thiophene rings is 1. The molecular weight excluding hydrogens is 375 g/mol. The van der Waals surface area contributed by atoms with E-state index in [2.05, 4.69) is 15.3 Å². The quantitative estimate of drug-likeness (QED) is 0.685. The Labute approximate surface area is 167 Å². The van der Waals surface area contributed by atoms with Gasteiger partial charge in [-0.05, 0) is 55.9 Å². The Bertz CT molecular complexity index is 986. The Kier molecular flexibility index (Phi) is 5.52. The zero-order valence-electron chi connectivity index (χ0n) is 15.9. The van der Waals surface area contributed by atoms with Crippen molar-refractivity contribution in [3.05, 3.63) is 52.4 Å². The van der Waals surface area contributed by atoms with Crippen LogP contribution >= 0.6 is 11.3 Å². The van der Waals surface area contributed by atoms with Crippen LogP contribution in [0.3, 0.4) is 0 Å². The molecule has 0 unspecified atom stereocenters. The van der Waals surface area contributed by atoms with Crippen LogP contribution < -0.4 is 10.2 Å². The van der Waals surface area contributed by atoms with Crippen molar-refractivity contribution < 1.29 is 9.18 Å². The minimum absolute atomic E-state index is 0.0814. The van der Waals surface area contributed by atoms with Crippen molar-refractivity contribution in [2.45, 2.75) is 39.2 Å². The molecule has 0 spiro atoms. The highest BCUT2D eigenvalue weighted by Crippen LogP contribution is 2.39. The fourth-order valence-corrected chi connectivity index (χ4v) is 4.91. The van der Waals surface area contributed by atoms with Crippen LogP contribution in [0.1, 0.15) is 35.8 Å². The number of likely N-dealkylation sites (N-methyl/N-ethyl adjacent to an activating group) is 1. The number of nitrogens with zero attached hydrogens (tertiary/aromatic N) is 3. The molecule has 28 heavy (non-hydrogen) atoms. The lowest BCUT2D eigenvalue weighted by Gasteiger charge is -2.23. The first-order chi connectivity index (χ1) is 13.7. The topological polar surface area (TPSA) is 58.1 Å². The second-order valence-electron chi connectivity index (χ2n) is 7.01. The summed E-state index contributed by atoms with van der Waals surface area (Å²) in [6.07, 6.45) is 6.19. The van der Waals surface area contributed by atoms with E-state index in [-0.39, 0.29) is 18.3 Å². The van der Waals surface area contributed by atoms with Crippen LogP contribution in [0.25, 0.3) is 10.2 Å². The average molecular weight is 399 g/mol. The molecule has 2 heterocycles. The van der Waals surface area contributed by atoms with Gasteiger partial charge in [-0.3, -0.25) is 4.79 Å². The third kappa shape index (κ3) is 3.85. The maximum Gasteiger partial charge on any atom is 0.239 e. The molecule has 5 nitrogen and oxygen atoms in total. The number of fused-ring (bicyclic) bond motifs is 3. The van der Waals surface area contributed by atoms with Gasteiger partial charge in [0.2, 0.25) is 5.91 Å². The van der Waals surface area contributed by atoms with Gasteiger partial charge in [0.1, 0.15) is 22.8 Å². The van der Waals surface area contributed by atoms with Crippen molar-refractivity contribution >= 4 is 33.3 Å². The first-order valence-electron chi connectivity index (χ1n) is 9.67. The predicted molar refractivity (Wildman–Crippen MR) is 110 cm³/mol. The van der Waals surface area contributed by atoms with E-state index >= 15 is 0 Å². The molecule has 0 aliphatic heterocycles. The minimum Gasteiger partial charge on any atom is -0.350 e.